The van der Waals surface area contributed by atoms with E-state index in [-0.39, 0.29) is 31.6 Å². The second kappa shape index (κ2) is 10.1. The molecule has 1 fully saturated rings. The van der Waals surface area contributed by atoms with E-state index in [0.717, 1.165) is 19.3 Å². The number of benzene rings is 1. The van der Waals surface area contributed by atoms with Crippen LogP contribution in [0.1, 0.15) is 57.6 Å². The van der Waals surface area contributed by atoms with E-state index in [4.69, 9.17) is 14.2 Å². The number of hydrogen-bond donors (Lipinski definition) is 0. The Morgan fingerprint density at radius 1 is 1.17 bits per heavy atom. The van der Waals surface area contributed by atoms with Crippen LogP contribution in [0.2, 0.25) is 0 Å². The molecule has 0 bridgehead atoms. The maximum absolute atomic E-state index is 13.5. The zero-order valence-electron chi connectivity index (χ0n) is 19.0. The minimum atomic E-state index is -3.67. The number of rotatable bonds is 8. The molecule has 1 aromatic rings. The fourth-order valence-corrected chi connectivity index (χ4v) is 5.87. The van der Waals surface area contributed by atoms with E-state index in [1.807, 2.05) is 20.8 Å². The molecular weight excluding hydrogens is 406 g/mol. The molecule has 0 radical (unpaired) electrons. The lowest BCUT2D eigenvalue weighted by Gasteiger charge is -2.35. The molecule has 7 nitrogen and oxygen atoms in total. The highest BCUT2D eigenvalue weighted by Crippen LogP contribution is 2.31. The van der Waals surface area contributed by atoms with Crippen molar-refractivity contribution in [3.63, 3.8) is 0 Å². The number of methoxy groups -OCH3 is 1. The van der Waals surface area contributed by atoms with E-state index in [0.29, 0.717) is 28.3 Å². The van der Waals surface area contributed by atoms with Crippen LogP contribution >= 0.6 is 0 Å². The number of carbonyl (C=O) groups is 1. The lowest BCUT2D eigenvalue weighted by molar-refractivity contribution is -0.156. The Labute approximate surface area is 180 Å². The van der Waals surface area contributed by atoms with Gasteiger partial charge in [0.25, 0.3) is 0 Å². The highest BCUT2D eigenvalue weighted by molar-refractivity contribution is 7.89. The third-order valence-corrected chi connectivity index (χ3v) is 7.25. The van der Waals surface area contributed by atoms with Crippen molar-refractivity contribution in [2.75, 3.05) is 26.9 Å². The van der Waals surface area contributed by atoms with Gasteiger partial charge in [0, 0.05) is 12.6 Å². The molecule has 0 spiro atoms. The van der Waals surface area contributed by atoms with Gasteiger partial charge in [0.2, 0.25) is 10.0 Å². The Hall–Kier alpha value is -1.64. The Morgan fingerprint density at radius 3 is 2.37 bits per heavy atom. The summed E-state index contributed by atoms with van der Waals surface area (Å²) >= 11 is 0. The molecule has 1 atom stereocenters. The lowest BCUT2D eigenvalue weighted by Crippen LogP contribution is -2.46. The first-order valence-electron chi connectivity index (χ1n) is 10.4. The van der Waals surface area contributed by atoms with E-state index in [2.05, 4.69) is 0 Å². The topological polar surface area (TPSA) is 82.1 Å². The summed E-state index contributed by atoms with van der Waals surface area (Å²) in [7, 11) is -2.10. The summed E-state index contributed by atoms with van der Waals surface area (Å²) in [5.74, 6) is 0.324. The van der Waals surface area contributed by atoms with Crippen LogP contribution in [-0.2, 0) is 24.3 Å². The van der Waals surface area contributed by atoms with Crippen molar-refractivity contribution in [1.29, 1.82) is 0 Å². The molecule has 1 aliphatic heterocycles. The van der Waals surface area contributed by atoms with Crippen LogP contribution < -0.4 is 4.74 Å². The first kappa shape index (κ1) is 24.6. The maximum atomic E-state index is 13.5. The Kier molecular flexibility index (Phi) is 8.30. The molecule has 30 heavy (non-hydrogen) atoms. The van der Waals surface area contributed by atoms with Gasteiger partial charge >= 0.3 is 5.97 Å². The van der Waals surface area contributed by atoms with E-state index in [1.54, 1.807) is 37.4 Å². The molecule has 0 N–H and O–H groups in total. The van der Waals surface area contributed by atoms with Crippen molar-refractivity contribution in [3.8, 4) is 5.75 Å². The molecule has 1 aromatic carbocycles. The van der Waals surface area contributed by atoms with Crippen LogP contribution in [0.25, 0.3) is 0 Å². The van der Waals surface area contributed by atoms with Crippen molar-refractivity contribution in [2.45, 2.75) is 76.8 Å². The number of sulfonamides is 1. The molecule has 0 amide bonds. The van der Waals surface area contributed by atoms with Gasteiger partial charge in [0.05, 0.1) is 31.6 Å². The first-order valence-corrected chi connectivity index (χ1v) is 11.9. The predicted molar refractivity (Wildman–Crippen MR) is 115 cm³/mol. The predicted octanol–water partition coefficient (Wildman–Crippen LogP) is 3.60. The number of hydrogen-bond acceptors (Lipinski definition) is 6. The van der Waals surface area contributed by atoms with E-state index >= 15 is 0 Å². The van der Waals surface area contributed by atoms with Gasteiger partial charge < -0.3 is 14.2 Å². The monoisotopic (exact) mass is 441 g/mol. The van der Waals surface area contributed by atoms with Crippen LogP contribution in [-0.4, -0.2) is 57.2 Å². The summed E-state index contributed by atoms with van der Waals surface area (Å²) in [5.41, 5.74) is 0.809. The summed E-state index contributed by atoms with van der Waals surface area (Å²) in [5, 5.41) is 0. The fourth-order valence-electron chi connectivity index (χ4n) is 3.78. The third-order valence-electron chi connectivity index (χ3n) is 4.99. The Balaban J connectivity index is 2.07. The van der Waals surface area contributed by atoms with Gasteiger partial charge in [-0.2, -0.15) is 4.31 Å². The van der Waals surface area contributed by atoms with E-state index in [9.17, 15) is 13.2 Å². The number of carbonyl (C=O) groups excluding carboxylic acids is 1. The van der Waals surface area contributed by atoms with Gasteiger partial charge in [0.15, 0.2) is 0 Å². The van der Waals surface area contributed by atoms with Crippen LogP contribution in [0, 0.1) is 13.8 Å². The summed E-state index contributed by atoms with van der Waals surface area (Å²) < 4.78 is 44.8. The quantitative estimate of drug-likeness (QED) is 0.453. The minimum Gasteiger partial charge on any atom is -0.497 e. The second-order valence-electron chi connectivity index (χ2n) is 8.77. The SMILES string of the molecule is COc1cc(C)c(S(=O)(=O)N2CCCCC2COCCC(=O)OC(C)(C)C)c(C)c1. The maximum Gasteiger partial charge on any atom is 0.308 e. The molecule has 0 saturated carbocycles. The highest BCUT2D eigenvalue weighted by Gasteiger charge is 2.35. The largest absolute Gasteiger partial charge is 0.497 e. The zero-order chi connectivity index (χ0) is 22.5. The number of ether oxygens (including phenoxy) is 3. The average molecular weight is 442 g/mol. The van der Waals surface area contributed by atoms with E-state index < -0.39 is 15.6 Å². The van der Waals surface area contributed by atoms with Crippen LogP contribution in [0.5, 0.6) is 5.75 Å². The van der Waals surface area contributed by atoms with Crippen molar-refractivity contribution in [3.05, 3.63) is 23.3 Å². The number of piperidine rings is 1. The lowest BCUT2D eigenvalue weighted by atomic mass is 10.1. The van der Waals surface area contributed by atoms with Crippen LogP contribution in [0.4, 0.5) is 0 Å². The minimum absolute atomic E-state index is 0.146. The Morgan fingerprint density at radius 2 is 1.80 bits per heavy atom. The number of aryl methyl sites for hydroxylation is 2. The van der Waals surface area contributed by atoms with Gasteiger partial charge in [-0.1, -0.05) is 6.42 Å². The van der Waals surface area contributed by atoms with Gasteiger partial charge in [0.1, 0.15) is 11.4 Å². The second-order valence-corrected chi connectivity index (χ2v) is 10.6. The molecule has 8 heteroatoms. The number of nitrogens with zero attached hydrogens (tertiary/aromatic N) is 1. The fraction of sp³-hybridized carbons (Fsp3) is 0.682. The van der Waals surface area contributed by atoms with Crippen LogP contribution in [0.3, 0.4) is 0 Å². The van der Waals surface area contributed by atoms with Gasteiger partial charge in [-0.15, -0.1) is 0 Å². The van der Waals surface area contributed by atoms with Gasteiger partial charge in [-0.05, 0) is 70.7 Å². The standard InChI is InChI=1S/C22H35NO6S/c1-16-13-19(27-6)14-17(2)21(16)30(25,26)23-11-8-7-9-18(23)15-28-12-10-20(24)29-22(3,4)5/h13-14,18H,7-12,15H2,1-6H3. The van der Waals surface area contributed by atoms with Crippen molar-refractivity contribution in [1.82, 2.24) is 4.31 Å². The number of esters is 1. The summed E-state index contributed by atoms with van der Waals surface area (Å²) in [6.45, 7) is 9.97. The van der Waals surface area contributed by atoms with Gasteiger partial charge in [-0.25, -0.2) is 8.42 Å². The average Bonchev–Trinajstić information content (AvgIpc) is 2.63. The molecular formula is C22H35NO6S. The Bertz CT molecular complexity index is 821. The first-order chi connectivity index (χ1) is 14.0. The van der Waals surface area contributed by atoms with Crippen molar-refractivity contribution in [2.24, 2.45) is 0 Å². The molecule has 0 aliphatic carbocycles. The molecule has 1 aliphatic rings. The van der Waals surface area contributed by atoms with Crippen LogP contribution in [0.15, 0.2) is 17.0 Å². The molecule has 170 valence electrons. The summed E-state index contributed by atoms with van der Waals surface area (Å²) in [6.07, 6.45) is 2.65. The van der Waals surface area contributed by atoms with Crippen molar-refractivity contribution < 1.29 is 27.4 Å². The normalized spacial score (nSPS) is 18.3. The molecule has 1 saturated heterocycles. The van der Waals surface area contributed by atoms with Crippen molar-refractivity contribution >= 4 is 16.0 Å². The smallest absolute Gasteiger partial charge is 0.308 e. The summed E-state index contributed by atoms with van der Waals surface area (Å²) in [4.78, 5) is 12.2. The molecule has 1 heterocycles. The third kappa shape index (κ3) is 6.43. The molecule has 1 unspecified atom stereocenters. The molecule has 2 rings (SSSR count). The van der Waals surface area contributed by atoms with E-state index in [1.165, 1.54) is 0 Å². The molecule has 0 aromatic heterocycles. The summed E-state index contributed by atoms with van der Waals surface area (Å²) in [6, 6.07) is 3.25. The zero-order valence-corrected chi connectivity index (χ0v) is 19.8. The highest BCUT2D eigenvalue weighted by atomic mass is 32.2. The van der Waals surface area contributed by atoms with Gasteiger partial charge in [-0.3, -0.25) is 4.79 Å².